The normalized spacial score (nSPS) is 13.2. The molecule has 0 radical (unpaired) electrons. The van der Waals surface area contributed by atoms with Crippen molar-refractivity contribution in [3.63, 3.8) is 0 Å². The molecule has 0 heterocycles. The van der Waals surface area contributed by atoms with Gasteiger partial charge in [-0.05, 0) is 17.9 Å². The van der Waals surface area contributed by atoms with Gasteiger partial charge < -0.3 is 20.1 Å². The van der Waals surface area contributed by atoms with Crippen LogP contribution in [0.5, 0.6) is 0 Å². The van der Waals surface area contributed by atoms with Crippen molar-refractivity contribution in [3.8, 4) is 0 Å². The minimum atomic E-state index is -0.00274. The standard InChI is InChI=1S/C18H31N3O2/c1-15(2)10-12-23-13-11-20-18(19-3)21-14-17(22-4)16-8-6-5-7-9-16/h5-9,15,17H,10-14H2,1-4H3,(H2,19,20,21). The van der Waals surface area contributed by atoms with Gasteiger partial charge in [-0.25, -0.2) is 0 Å². The lowest BCUT2D eigenvalue weighted by Crippen LogP contribution is -2.41. The highest BCUT2D eigenvalue weighted by Gasteiger charge is 2.10. The molecule has 0 saturated carbocycles. The summed E-state index contributed by atoms with van der Waals surface area (Å²) in [5.74, 6) is 1.44. The zero-order valence-electron chi connectivity index (χ0n) is 14.8. The monoisotopic (exact) mass is 321 g/mol. The van der Waals surface area contributed by atoms with Gasteiger partial charge in [-0.3, -0.25) is 4.99 Å². The Balaban J connectivity index is 2.25. The zero-order valence-corrected chi connectivity index (χ0v) is 14.8. The predicted molar refractivity (Wildman–Crippen MR) is 95.8 cm³/mol. The molecular formula is C18H31N3O2. The molecule has 0 amide bonds. The van der Waals surface area contributed by atoms with E-state index in [1.54, 1.807) is 14.2 Å². The third-order valence-electron chi connectivity index (χ3n) is 3.51. The first kappa shape index (κ1) is 19.5. The largest absolute Gasteiger partial charge is 0.380 e. The van der Waals surface area contributed by atoms with Crippen molar-refractivity contribution in [2.75, 3.05) is 40.5 Å². The summed E-state index contributed by atoms with van der Waals surface area (Å²) in [7, 11) is 3.48. The summed E-state index contributed by atoms with van der Waals surface area (Å²) in [4.78, 5) is 4.22. The average molecular weight is 321 g/mol. The summed E-state index contributed by atoms with van der Waals surface area (Å²) < 4.78 is 11.1. The molecule has 0 aromatic heterocycles. The van der Waals surface area contributed by atoms with Crippen LogP contribution < -0.4 is 10.6 Å². The number of aliphatic imine (C=N–C) groups is 1. The molecule has 0 aliphatic heterocycles. The van der Waals surface area contributed by atoms with Gasteiger partial charge >= 0.3 is 0 Å². The number of methoxy groups -OCH3 is 1. The van der Waals surface area contributed by atoms with Crippen molar-refractivity contribution < 1.29 is 9.47 Å². The number of ether oxygens (including phenoxy) is 2. The molecule has 2 N–H and O–H groups in total. The van der Waals surface area contributed by atoms with E-state index in [2.05, 4.69) is 41.6 Å². The molecule has 0 aliphatic rings. The molecule has 5 heteroatoms. The van der Waals surface area contributed by atoms with Crippen molar-refractivity contribution in [1.29, 1.82) is 0 Å². The van der Waals surface area contributed by atoms with E-state index in [0.717, 1.165) is 31.1 Å². The highest BCUT2D eigenvalue weighted by Crippen LogP contribution is 2.14. The van der Waals surface area contributed by atoms with E-state index in [0.29, 0.717) is 19.1 Å². The van der Waals surface area contributed by atoms with E-state index < -0.39 is 0 Å². The van der Waals surface area contributed by atoms with Gasteiger partial charge in [0, 0.05) is 33.9 Å². The van der Waals surface area contributed by atoms with Gasteiger partial charge in [-0.1, -0.05) is 44.2 Å². The van der Waals surface area contributed by atoms with Crippen LogP contribution in [0.2, 0.25) is 0 Å². The fraction of sp³-hybridized carbons (Fsp3) is 0.611. The Morgan fingerprint density at radius 2 is 1.87 bits per heavy atom. The van der Waals surface area contributed by atoms with Gasteiger partial charge in [-0.2, -0.15) is 0 Å². The number of guanidine groups is 1. The fourth-order valence-electron chi connectivity index (χ4n) is 2.08. The van der Waals surface area contributed by atoms with Crippen LogP contribution in [0.4, 0.5) is 0 Å². The second kappa shape index (κ2) is 11.9. The van der Waals surface area contributed by atoms with Crippen molar-refractivity contribution >= 4 is 5.96 Å². The molecule has 1 aromatic rings. The number of nitrogens with one attached hydrogen (secondary N) is 2. The first-order valence-corrected chi connectivity index (χ1v) is 8.27. The Morgan fingerprint density at radius 1 is 1.13 bits per heavy atom. The molecule has 1 atom stereocenters. The second-order valence-corrected chi connectivity index (χ2v) is 5.81. The topological polar surface area (TPSA) is 54.9 Å². The van der Waals surface area contributed by atoms with Crippen LogP contribution in [0.15, 0.2) is 35.3 Å². The lowest BCUT2D eigenvalue weighted by molar-refractivity contribution is 0.106. The van der Waals surface area contributed by atoms with Crippen LogP contribution in [-0.2, 0) is 9.47 Å². The lowest BCUT2D eigenvalue weighted by atomic mass is 10.1. The summed E-state index contributed by atoms with van der Waals surface area (Å²) in [6.45, 7) is 7.29. The molecule has 0 fully saturated rings. The molecule has 0 spiro atoms. The van der Waals surface area contributed by atoms with Gasteiger partial charge in [-0.15, -0.1) is 0 Å². The van der Waals surface area contributed by atoms with Crippen LogP contribution in [0.1, 0.15) is 31.9 Å². The van der Waals surface area contributed by atoms with Crippen LogP contribution in [0.25, 0.3) is 0 Å². The third kappa shape index (κ3) is 8.57. The summed E-state index contributed by atoms with van der Waals surface area (Å²) in [6, 6.07) is 10.2. The molecule has 130 valence electrons. The first-order valence-electron chi connectivity index (χ1n) is 8.27. The van der Waals surface area contributed by atoms with Crippen molar-refractivity contribution in [3.05, 3.63) is 35.9 Å². The van der Waals surface area contributed by atoms with E-state index in [4.69, 9.17) is 9.47 Å². The molecule has 0 aliphatic carbocycles. The predicted octanol–water partition coefficient (Wildman–Crippen LogP) is 2.60. The zero-order chi connectivity index (χ0) is 16.9. The summed E-state index contributed by atoms with van der Waals surface area (Å²) >= 11 is 0. The summed E-state index contributed by atoms with van der Waals surface area (Å²) in [5, 5.41) is 6.53. The van der Waals surface area contributed by atoms with Crippen molar-refractivity contribution in [2.24, 2.45) is 10.9 Å². The summed E-state index contributed by atoms with van der Waals surface area (Å²) in [6.07, 6.45) is 1.09. The van der Waals surface area contributed by atoms with Gasteiger partial charge in [0.2, 0.25) is 0 Å². The van der Waals surface area contributed by atoms with E-state index >= 15 is 0 Å². The quantitative estimate of drug-likeness (QED) is 0.395. The number of hydrogen-bond acceptors (Lipinski definition) is 3. The molecule has 1 rings (SSSR count). The van der Waals surface area contributed by atoms with E-state index in [1.807, 2.05) is 18.2 Å². The maximum Gasteiger partial charge on any atom is 0.191 e. The number of nitrogens with zero attached hydrogens (tertiary/aromatic N) is 1. The van der Waals surface area contributed by atoms with E-state index in [-0.39, 0.29) is 6.10 Å². The fourth-order valence-corrected chi connectivity index (χ4v) is 2.08. The van der Waals surface area contributed by atoms with Gasteiger partial charge in [0.25, 0.3) is 0 Å². The number of rotatable bonds is 10. The number of benzene rings is 1. The maximum absolute atomic E-state index is 5.59. The first-order chi connectivity index (χ1) is 11.2. The van der Waals surface area contributed by atoms with Crippen LogP contribution in [0, 0.1) is 5.92 Å². The summed E-state index contributed by atoms with van der Waals surface area (Å²) in [5.41, 5.74) is 1.15. The highest BCUT2D eigenvalue weighted by molar-refractivity contribution is 5.79. The van der Waals surface area contributed by atoms with Crippen molar-refractivity contribution in [1.82, 2.24) is 10.6 Å². The second-order valence-electron chi connectivity index (χ2n) is 5.81. The SMILES string of the molecule is CN=C(NCCOCCC(C)C)NCC(OC)c1ccccc1. The Hall–Kier alpha value is -1.59. The van der Waals surface area contributed by atoms with Gasteiger partial charge in [0.15, 0.2) is 5.96 Å². The lowest BCUT2D eigenvalue weighted by Gasteiger charge is -2.18. The molecule has 0 bridgehead atoms. The molecule has 23 heavy (non-hydrogen) atoms. The third-order valence-corrected chi connectivity index (χ3v) is 3.51. The van der Waals surface area contributed by atoms with E-state index in [9.17, 15) is 0 Å². The Morgan fingerprint density at radius 3 is 2.48 bits per heavy atom. The van der Waals surface area contributed by atoms with Crippen LogP contribution in [-0.4, -0.2) is 46.4 Å². The van der Waals surface area contributed by atoms with Crippen LogP contribution >= 0.6 is 0 Å². The van der Waals surface area contributed by atoms with Gasteiger partial charge in [0.05, 0.1) is 12.7 Å². The Kier molecular flexibility index (Phi) is 10.1. The molecule has 0 saturated heterocycles. The minimum Gasteiger partial charge on any atom is -0.380 e. The average Bonchev–Trinajstić information content (AvgIpc) is 2.57. The highest BCUT2D eigenvalue weighted by atomic mass is 16.5. The smallest absolute Gasteiger partial charge is 0.191 e. The number of hydrogen-bond donors (Lipinski definition) is 2. The van der Waals surface area contributed by atoms with Gasteiger partial charge in [0.1, 0.15) is 0 Å². The Bertz CT molecular complexity index is 435. The molecular weight excluding hydrogens is 290 g/mol. The molecule has 1 aromatic carbocycles. The Labute approximate surface area is 140 Å². The molecule has 5 nitrogen and oxygen atoms in total. The van der Waals surface area contributed by atoms with Crippen LogP contribution in [0.3, 0.4) is 0 Å². The van der Waals surface area contributed by atoms with Crippen molar-refractivity contribution in [2.45, 2.75) is 26.4 Å². The molecule has 1 unspecified atom stereocenters. The maximum atomic E-state index is 5.59. The minimum absolute atomic E-state index is 0.00274. The van der Waals surface area contributed by atoms with E-state index in [1.165, 1.54) is 0 Å².